The van der Waals surface area contributed by atoms with Crippen molar-refractivity contribution in [2.24, 2.45) is 0 Å². The highest BCUT2D eigenvalue weighted by molar-refractivity contribution is 5.91. The molecule has 2 aromatic rings. The topological polar surface area (TPSA) is 62.5 Å². The Morgan fingerprint density at radius 1 is 1.32 bits per heavy atom. The third-order valence-electron chi connectivity index (χ3n) is 4.13. The van der Waals surface area contributed by atoms with E-state index in [-0.39, 0.29) is 18.3 Å². The van der Waals surface area contributed by atoms with Crippen LogP contribution in [0.1, 0.15) is 36.0 Å². The first kappa shape index (κ1) is 14.8. The summed E-state index contributed by atoms with van der Waals surface area (Å²) in [6, 6.07) is 9.48. The van der Waals surface area contributed by atoms with E-state index < -0.39 is 11.5 Å². The number of amides is 1. The van der Waals surface area contributed by atoms with Crippen LogP contribution in [-0.2, 0) is 10.2 Å². The summed E-state index contributed by atoms with van der Waals surface area (Å²) in [7, 11) is 0. The fourth-order valence-corrected chi connectivity index (χ4v) is 2.63. The Kier molecular flexibility index (Phi) is 3.74. The molecule has 3 rings (SSSR count). The lowest BCUT2D eigenvalue weighted by atomic mass is 9.95. The van der Waals surface area contributed by atoms with Gasteiger partial charge in [0, 0.05) is 0 Å². The van der Waals surface area contributed by atoms with Crippen LogP contribution in [0.3, 0.4) is 0 Å². The van der Waals surface area contributed by atoms with Crippen LogP contribution in [-0.4, -0.2) is 17.6 Å². The molecule has 4 nitrogen and oxygen atoms in total. The lowest BCUT2D eigenvalue weighted by Gasteiger charge is -2.17. The molecule has 1 aliphatic carbocycles. The van der Waals surface area contributed by atoms with E-state index in [0.29, 0.717) is 11.5 Å². The van der Waals surface area contributed by atoms with Gasteiger partial charge in [-0.25, -0.2) is 4.39 Å². The SMILES string of the molecule is Cc1ccc(C(O)CNC(=O)C2(c3ccc(F)cc3)CC2)o1. The zero-order valence-corrected chi connectivity index (χ0v) is 12.3. The van der Waals surface area contributed by atoms with E-state index in [9.17, 15) is 14.3 Å². The summed E-state index contributed by atoms with van der Waals surface area (Å²) < 4.78 is 18.3. The molecule has 0 radical (unpaired) electrons. The van der Waals surface area contributed by atoms with Crippen molar-refractivity contribution >= 4 is 5.91 Å². The molecule has 2 N–H and O–H groups in total. The molecule has 1 fully saturated rings. The average molecular weight is 303 g/mol. The highest BCUT2D eigenvalue weighted by Gasteiger charge is 2.51. The predicted octanol–water partition coefficient (Wildman–Crippen LogP) is 2.61. The number of furan rings is 1. The average Bonchev–Trinajstić information content (AvgIpc) is 3.21. The van der Waals surface area contributed by atoms with E-state index in [4.69, 9.17) is 4.42 Å². The monoisotopic (exact) mass is 303 g/mol. The van der Waals surface area contributed by atoms with Gasteiger partial charge >= 0.3 is 0 Å². The second-order valence-corrected chi connectivity index (χ2v) is 5.76. The fourth-order valence-electron chi connectivity index (χ4n) is 2.63. The molecule has 1 atom stereocenters. The molecule has 0 spiro atoms. The lowest BCUT2D eigenvalue weighted by molar-refractivity contribution is -0.124. The number of halogens is 1. The molecule has 0 bridgehead atoms. The number of aryl methyl sites for hydroxylation is 1. The number of aliphatic hydroxyl groups excluding tert-OH is 1. The molecule has 1 aromatic carbocycles. The predicted molar refractivity (Wildman–Crippen MR) is 78.7 cm³/mol. The molecule has 0 aliphatic heterocycles. The quantitative estimate of drug-likeness (QED) is 0.892. The van der Waals surface area contributed by atoms with Gasteiger partial charge in [-0.1, -0.05) is 12.1 Å². The third-order valence-corrected chi connectivity index (χ3v) is 4.13. The van der Waals surface area contributed by atoms with Gasteiger partial charge in [-0.15, -0.1) is 0 Å². The minimum absolute atomic E-state index is 0.0920. The lowest BCUT2D eigenvalue weighted by Crippen LogP contribution is -2.37. The maximum Gasteiger partial charge on any atom is 0.230 e. The van der Waals surface area contributed by atoms with Crippen LogP contribution in [0.15, 0.2) is 40.8 Å². The summed E-state index contributed by atoms with van der Waals surface area (Å²) in [5, 5.41) is 12.8. The number of rotatable bonds is 5. The minimum atomic E-state index is -0.873. The Bertz CT molecular complexity index is 673. The number of hydrogen-bond donors (Lipinski definition) is 2. The fraction of sp³-hybridized carbons (Fsp3) is 0.353. The number of benzene rings is 1. The number of carbonyl (C=O) groups excluding carboxylic acids is 1. The standard InChI is InChI=1S/C17H18FNO3/c1-11-2-7-15(22-11)14(20)10-19-16(21)17(8-9-17)12-3-5-13(18)6-4-12/h2-7,14,20H,8-10H2,1H3,(H,19,21). The molecule has 22 heavy (non-hydrogen) atoms. The third kappa shape index (κ3) is 2.76. The zero-order valence-electron chi connectivity index (χ0n) is 12.3. The summed E-state index contributed by atoms with van der Waals surface area (Å²) >= 11 is 0. The maximum atomic E-state index is 13.0. The van der Waals surface area contributed by atoms with Crippen molar-refractivity contribution in [3.63, 3.8) is 0 Å². The molecule has 5 heteroatoms. The summed E-state index contributed by atoms with van der Waals surface area (Å²) in [6.07, 6.45) is 0.600. The van der Waals surface area contributed by atoms with Crippen molar-refractivity contribution in [1.82, 2.24) is 5.32 Å². The van der Waals surface area contributed by atoms with Gasteiger partial charge in [0.2, 0.25) is 5.91 Å². The van der Waals surface area contributed by atoms with E-state index in [2.05, 4.69) is 5.32 Å². The van der Waals surface area contributed by atoms with Gasteiger partial charge in [0.15, 0.2) is 0 Å². The summed E-state index contributed by atoms with van der Waals surface area (Å²) in [6.45, 7) is 1.89. The van der Waals surface area contributed by atoms with Crippen LogP contribution in [0.2, 0.25) is 0 Å². The normalized spacial score (nSPS) is 17.0. The van der Waals surface area contributed by atoms with Crippen LogP contribution in [0.5, 0.6) is 0 Å². The molecular weight excluding hydrogens is 285 g/mol. The van der Waals surface area contributed by atoms with E-state index >= 15 is 0 Å². The van der Waals surface area contributed by atoms with Gasteiger partial charge in [-0.3, -0.25) is 4.79 Å². The first-order valence-electron chi connectivity index (χ1n) is 7.30. The van der Waals surface area contributed by atoms with Crippen molar-refractivity contribution in [1.29, 1.82) is 0 Å². The van der Waals surface area contributed by atoms with Gasteiger partial charge in [-0.05, 0) is 49.6 Å². The minimum Gasteiger partial charge on any atom is -0.464 e. The first-order chi connectivity index (χ1) is 10.5. The van der Waals surface area contributed by atoms with Crippen molar-refractivity contribution in [3.8, 4) is 0 Å². The summed E-state index contributed by atoms with van der Waals surface area (Å²) in [4.78, 5) is 12.4. The largest absolute Gasteiger partial charge is 0.464 e. The van der Waals surface area contributed by atoms with Gasteiger partial charge in [0.05, 0.1) is 12.0 Å². The van der Waals surface area contributed by atoms with Crippen molar-refractivity contribution in [2.45, 2.75) is 31.3 Å². The molecule has 1 aliphatic rings. The molecule has 1 amide bonds. The van der Waals surface area contributed by atoms with Crippen LogP contribution < -0.4 is 5.32 Å². The van der Waals surface area contributed by atoms with Crippen molar-refractivity contribution < 1.29 is 18.7 Å². The van der Waals surface area contributed by atoms with E-state index in [1.807, 2.05) is 0 Å². The van der Waals surface area contributed by atoms with Crippen LogP contribution >= 0.6 is 0 Å². The van der Waals surface area contributed by atoms with Crippen LogP contribution in [0.25, 0.3) is 0 Å². The Morgan fingerprint density at radius 3 is 2.55 bits per heavy atom. The Balaban J connectivity index is 1.63. The van der Waals surface area contributed by atoms with Crippen LogP contribution in [0, 0.1) is 12.7 Å². The molecule has 1 saturated carbocycles. The van der Waals surface area contributed by atoms with E-state index in [1.54, 1.807) is 31.2 Å². The van der Waals surface area contributed by atoms with Crippen molar-refractivity contribution in [2.75, 3.05) is 6.54 Å². The maximum absolute atomic E-state index is 13.0. The Hall–Kier alpha value is -2.14. The molecule has 0 saturated heterocycles. The Morgan fingerprint density at radius 2 is 2.00 bits per heavy atom. The number of aliphatic hydroxyl groups is 1. The summed E-state index contributed by atoms with van der Waals surface area (Å²) in [5.41, 5.74) is 0.238. The number of nitrogens with one attached hydrogen (secondary N) is 1. The summed E-state index contributed by atoms with van der Waals surface area (Å²) in [5.74, 6) is 0.694. The van der Waals surface area contributed by atoms with E-state index in [1.165, 1.54) is 12.1 Å². The highest BCUT2D eigenvalue weighted by atomic mass is 19.1. The van der Waals surface area contributed by atoms with Gasteiger partial charge in [-0.2, -0.15) is 0 Å². The van der Waals surface area contributed by atoms with E-state index in [0.717, 1.165) is 18.4 Å². The second kappa shape index (κ2) is 5.57. The second-order valence-electron chi connectivity index (χ2n) is 5.76. The van der Waals surface area contributed by atoms with Gasteiger partial charge in [0.25, 0.3) is 0 Å². The highest BCUT2D eigenvalue weighted by Crippen LogP contribution is 2.48. The van der Waals surface area contributed by atoms with Gasteiger partial charge in [0.1, 0.15) is 23.4 Å². The molecular formula is C17H18FNO3. The number of hydrogen-bond acceptors (Lipinski definition) is 3. The Labute approximate surface area is 128 Å². The first-order valence-corrected chi connectivity index (χ1v) is 7.30. The van der Waals surface area contributed by atoms with Gasteiger partial charge < -0.3 is 14.8 Å². The molecule has 1 unspecified atom stereocenters. The number of carbonyl (C=O) groups is 1. The van der Waals surface area contributed by atoms with Crippen molar-refractivity contribution in [3.05, 3.63) is 59.3 Å². The molecule has 1 heterocycles. The molecule has 1 aromatic heterocycles. The zero-order chi connectivity index (χ0) is 15.7. The molecule has 116 valence electrons. The smallest absolute Gasteiger partial charge is 0.230 e. The van der Waals surface area contributed by atoms with Crippen LogP contribution in [0.4, 0.5) is 4.39 Å².